The maximum Gasteiger partial charge on any atom is 0.277 e. The van der Waals surface area contributed by atoms with Crippen molar-refractivity contribution in [2.75, 3.05) is 11.1 Å². The van der Waals surface area contributed by atoms with Crippen molar-refractivity contribution in [3.8, 4) is 11.8 Å². The van der Waals surface area contributed by atoms with E-state index in [4.69, 9.17) is 14.4 Å². The van der Waals surface area contributed by atoms with Crippen LogP contribution < -0.4 is 10.1 Å². The zero-order valence-corrected chi connectivity index (χ0v) is 16.3. The lowest BCUT2D eigenvalue weighted by Gasteiger charge is -2.10. The molecular formula is C20H17FN4O3S. The second-order valence-corrected chi connectivity index (χ2v) is 6.92. The molecule has 0 radical (unpaired) electrons. The van der Waals surface area contributed by atoms with Crippen LogP contribution in [0.15, 0.2) is 58.2 Å². The molecule has 2 aromatic carbocycles. The number of nitrogens with zero attached hydrogens (tertiary/aromatic N) is 3. The number of anilines is 1. The van der Waals surface area contributed by atoms with Gasteiger partial charge in [0.25, 0.3) is 11.1 Å². The third-order valence-electron chi connectivity index (χ3n) is 3.74. The van der Waals surface area contributed by atoms with Crippen molar-refractivity contribution in [1.82, 2.24) is 10.2 Å². The molecule has 0 unspecified atom stereocenters. The largest absolute Gasteiger partial charge is 0.481 e. The molecule has 0 aliphatic rings. The molecule has 1 aromatic heterocycles. The molecule has 1 heterocycles. The van der Waals surface area contributed by atoms with E-state index >= 15 is 0 Å². The summed E-state index contributed by atoms with van der Waals surface area (Å²) in [7, 11) is 0. The Hall–Kier alpha value is -3.38. The number of nitrogens with one attached hydrogen (secondary N) is 1. The van der Waals surface area contributed by atoms with E-state index in [-0.39, 0.29) is 28.6 Å². The van der Waals surface area contributed by atoms with Crippen molar-refractivity contribution in [2.24, 2.45) is 0 Å². The van der Waals surface area contributed by atoms with Crippen LogP contribution in [-0.4, -0.2) is 21.9 Å². The SMILES string of the molecule is C[C@H](Oc1ccc(F)cc1)c1nnc(SCC(=O)Nc2ccc(CC#N)cc2)o1. The Labute approximate surface area is 170 Å². The number of rotatable bonds is 8. The smallest absolute Gasteiger partial charge is 0.277 e. The number of aromatic nitrogens is 2. The van der Waals surface area contributed by atoms with Gasteiger partial charge in [0.1, 0.15) is 11.6 Å². The zero-order valence-electron chi connectivity index (χ0n) is 15.5. The van der Waals surface area contributed by atoms with Gasteiger partial charge >= 0.3 is 0 Å². The number of thioether (sulfide) groups is 1. The average molecular weight is 412 g/mol. The highest BCUT2D eigenvalue weighted by molar-refractivity contribution is 7.99. The Kier molecular flexibility index (Phi) is 6.81. The van der Waals surface area contributed by atoms with Crippen molar-refractivity contribution in [1.29, 1.82) is 5.26 Å². The summed E-state index contributed by atoms with van der Waals surface area (Å²) < 4.78 is 24.1. The Morgan fingerprint density at radius 2 is 1.97 bits per heavy atom. The molecule has 1 N–H and O–H groups in total. The highest BCUT2D eigenvalue weighted by atomic mass is 32.2. The molecule has 29 heavy (non-hydrogen) atoms. The molecule has 0 fully saturated rings. The fourth-order valence-corrected chi connectivity index (χ4v) is 2.90. The molecule has 9 heteroatoms. The van der Waals surface area contributed by atoms with Gasteiger partial charge in [-0.05, 0) is 48.9 Å². The molecule has 1 atom stereocenters. The van der Waals surface area contributed by atoms with Crippen molar-refractivity contribution in [3.05, 3.63) is 65.8 Å². The summed E-state index contributed by atoms with van der Waals surface area (Å²) in [6, 6.07) is 14.8. The molecule has 7 nitrogen and oxygen atoms in total. The topological polar surface area (TPSA) is 101 Å². The van der Waals surface area contributed by atoms with Crippen LogP contribution in [0.3, 0.4) is 0 Å². The van der Waals surface area contributed by atoms with E-state index in [2.05, 4.69) is 21.6 Å². The number of carbonyl (C=O) groups is 1. The number of benzene rings is 2. The number of hydrogen-bond donors (Lipinski definition) is 1. The minimum absolute atomic E-state index is 0.0920. The quantitative estimate of drug-likeness (QED) is 0.555. The lowest BCUT2D eigenvalue weighted by molar-refractivity contribution is -0.113. The summed E-state index contributed by atoms with van der Waals surface area (Å²) in [4.78, 5) is 12.1. The number of amides is 1. The van der Waals surface area contributed by atoms with Crippen molar-refractivity contribution in [3.63, 3.8) is 0 Å². The molecule has 3 rings (SSSR count). The van der Waals surface area contributed by atoms with E-state index in [1.165, 1.54) is 24.3 Å². The predicted octanol–water partition coefficient (Wildman–Crippen LogP) is 4.15. The summed E-state index contributed by atoms with van der Waals surface area (Å²) in [5.74, 6) is 0.252. The molecule has 0 spiro atoms. The lowest BCUT2D eigenvalue weighted by Crippen LogP contribution is -2.13. The van der Waals surface area contributed by atoms with Crippen molar-refractivity contribution >= 4 is 23.4 Å². The predicted molar refractivity (Wildman–Crippen MR) is 105 cm³/mol. The van der Waals surface area contributed by atoms with E-state index in [1.807, 2.05) is 0 Å². The summed E-state index contributed by atoms with van der Waals surface area (Å²) in [5, 5.41) is 19.5. The lowest BCUT2D eigenvalue weighted by atomic mass is 10.1. The van der Waals surface area contributed by atoms with E-state index in [0.717, 1.165) is 17.3 Å². The average Bonchev–Trinajstić information content (AvgIpc) is 3.19. The second kappa shape index (κ2) is 9.71. The zero-order chi connectivity index (χ0) is 20.6. The molecule has 3 aromatic rings. The normalized spacial score (nSPS) is 11.5. The van der Waals surface area contributed by atoms with Gasteiger partial charge in [0.15, 0.2) is 6.10 Å². The molecule has 0 saturated heterocycles. The van der Waals surface area contributed by atoms with Gasteiger partial charge in [-0.3, -0.25) is 4.79 Å². The number of halogens is 1. The van der Waals surface area contributed by atoms with Crippen LogP contribution in [0.25, 0.3) is 0 Å². The number of ether oxygens (including phenoxy) is 1. The standard InChI is InChI=1S/C20H17FN4O3S/c1-13(27-17-8-4-15(21)5-9-17)19-24-25-20(28-19)29-12-18(26)23-16-6-2-14(3-7-16)10-11-22/h2-9,13H,10,12H2,1H3,(H,23,26)/t13-/m0/s1. The number of carbonyl (C=O) groups excluding carboxylic acids is 1. The fourth-order valence-electron chi connectivity index (χ4n) is 2.33. The van der Waals surface area contributed by atoms with Crippen LogP contribution in [0.5, 0.6) is 5.75 Å². The van der Waals surface area contributed by atoms with Crippen molar-refractivity contribution in [2.45, 2.75) is 24.7 Å². The fraction of sp³-hybridized carbons (Fsp3) is 0.200. The molecule has 0 aliphatic carbocycles. The van der Waals surface area contributed by atoms with Gasteiger partial charge < -0.3 is 14.5 Å². The summed E-state index contributed by atoms with van der Waals surface area (Å²) in [6.45, 7) is 1.73. The van der Waals surface area contributed by atoms with Crippen LogP contribution in [0, 0.1) is 17.1 Å². The van der Waals surface area contributed by atoms with Crippen LogP contribution in [-0.2, 0) is 11.2 Å². The van der Waals surface area contributed by atoms with Gasteiger partial charge in [0.05, 0.1) is 18.2 Å². The Bertz CT molecular complexity index is 1000. The van der Waals surface area contributed by atoms with Gasteiger partial charge in [-0.1, -0.05) is 23.9 Å². The third kappa shape index (κ3) is 6.05. The molecular weight excluding hydrogens is 395 g/mol. The van der Waals surface area contributed by atoms with E-state index in [1.54, 1.807) is 31.2 Å². The highest BCUT2D eigenvalue weighted by Crippen LogP contribution is 2.24. The number of nitriles is 1. The maximum absolute atomic E-state index is 12.9. The summed E-state index contributed by atoms with van der Waals surface area (Å²) >= 11 is 1.11. The first-order chi connectivity index (χ1) is 14.0. The van der Waals surface area contributed by atoms with E-state index < -0.39 is 6.10 Å². The first kappa shape index (κ1) is 20.4. The molecule has 148 valence electrons. The number of hydrogen-bond acceptors (Lipinski definition) is 7. The van der Waals surface area contributed by atoms with E-state index in [0.29, 0.717) is 17.9 Å². The van der Waals surface area contributed by atoms with Gasteiger partial charge in [0.2, 0.25) is 5.91 Å². The summed E-state index contributed by atoms with van der Waals surface area (Å²) in [6.07, 6.45) is -0.199. The van der Waals surface area contributed by atoms with Gasteiger partial charge in [-0.2, -0.15) is 5.26 Å². The Morgan fingerprint density at radius 3 is 2.66 bits per heavy atom. The molecule has 0 saturated carbocycles. The van der Waals surface area contributed by atoms with Gasteiger partial charge in [-0.25, -0.2) is 4.39 Å². The van der Waals surface area contributed by atoms with Crippen LogP contribution in [0.4, 0.5) is 10.1 Å². The monoisotopic (exact) mass is 412 g/mol. The van der Waals surface area contributed by atoms with Crippen LogP contribution >= 0.6 is 11.8 Å². The van der Waals surface area contributed by atoms with Crippen LogP contribution in [0.2, 0.25) is 0 Å². The third-order valence-corrected chi connectivity index (χ3v) is 4.56. The Morgan fingerprint density at radius 1 is 1.24 bits per heavy atom. The van der Waals surface area contributed by atoms with Crippen LogP contribution in [0.1, 0.15) is 24.5 Å². The highest BCUT2D eigenvalue weighted by Gasteiger charge is 2.17. The minimum atomic E-state index is -0.525. The molecule has 0 aliphatic heterocycles. The van der Waals surface area contributed by atoms with Crippen molar-refractivity contribution < 1.29 is 18.3 Å². The van der Waals surface area contributed by atoms with E-state index in [9.17, 15) is 9.18 Å². The second-order valence-electron chi connectivity index (χ2n) is 5.99. The summed E-state index contributed by atoms with van der Waals surface area (Å²) in [5.41, 5.74) is 1.53. The first-order valence-electron chi connectivity index (χ1n) is 8.67. The Balaban J connectivity index is 1.48. The van der Waals surface area contributed by atoms with Gasteiger partial charge in [0, 0.05) is 5.69 Å². The molecule has 0 bridgehead atoms. The molecule has 1 amide bonds. The first-order valence-corrected chi connectivity index (χ1v) is 9.66. The minimum Gasteiger partial charge on any atom is -0.481 e. The van der Waals surface area contributed by atoms with Gasteiger partial charge in [-0.15, -0.1) is 10.2 Å². The maximum atomic E-state index is 12.9.